The van der Waals surface area contributed by atoms with Crippen molar-refractivity contribution in [1.29, 1.82) is 0 Å². The molecule has 0 bridgehead atoms. The zero-order valence-corrected chi connectivity index (χ0v) is 43.8. The number of likely N-dealkylation sites (N-methyl/N-ethyl adjacent to an activating group) is 1. The Hall–Kier alpha value is -5.87. The molecule has 7 fully saturated rings. The number of anilines is 3. The van der Waals surface area contributed by atoms with Crippen LogP contribution in [0.2, 0.25) is 0 Å². The molecule has 74 heavy (non-hydrogen) atoms. The molecule has 16 heteroatoms. The normalized spacial score (nSPS) is 25.2. The van der Waals surface area contributed by atoms with Crippen molar-refractivity contribution in [2.45, 2.75) is 152 Å². The van der Waals surface area contributed by atoms with E-state index in [1.54, 1.807) is 0 Å². The zero-order chi connectivity index (χ0) is 50.8. The standard InChI is InChI=1S/C58H75N11O5/c1-37(2)68-36-59-49-34-48(61-54(53(49)68)60-41-10-11-41)40-9-15-47-50(31-40)69(45-32-44(33-45)65-23-5-4-6-24-65)57(74)58(47)21-29-64(30-22-58)35-52(71)63(3)42-19-27-67(28-20-42)56(73)39-17-25-66(26-18-39)43-12-7-38(8-13-43)46-14-16-51(70)62-55(46)72/h7-9,12-13,15,31,34,36-37,39,41-42,44-46H,4-6,10-11,14,16-30,32-33,35H2,1-3H3,(H,60,61)(H,62,70,72)/t44-,45+,46?. The number of likely N-dealkylation sites (tertiary alicyclic amines) is 3. The molecular formula is C58H75N11O5. The van der Waals surface area contributed by atoms with Gasteiger partial charge in [0.2, 0.25) is 29.5 Å². The quantitative estimate of drug-likeness (QED) is 0.143. The van der Waals surface area contributed by atoms with E-state index in [-0.39, 0.29) is 59.5 Å². The van der Waals surface area contributed by atoms with E-state index in [1.165, 1.54) is 19.3 Å². The summed E-state index contributed by atoms with van der Waals surface area (Å²) < 4.78 is 2.20. The number of hydrogen-bond acceptors (Lipinski definition) is 11. The highest BCUT2D eigenvalue weighted by atomic mass is 16.2. The van der Waals surface area contributed by atoms with Gasteiger partial charge in [0.25, 0.3) is 0 Å². The minimum absolute atomic E-state index is 0.0132. The predicted molar refractivity (Wildman–Crippen MR) is 286 cm³/mol. The first-order valence-corrected chi connectivity index (χ1v) is 28.2. The molecule has 8 aliphatic rings. The number of amides is 5. The Kier molecular flexibility index (Phi) is 13.3. The number of carbonyl (C=O) groups is 5. The van der Waals surface area contributed by atoms with Gasteiger partial charge >= 0.3 is 0 Å². The second-order valence-electron chi connectivity index (χ2n) is 23.4. The summed E-state index contributed by atoms with van der Waals surface area (Å²) in [6, 6.07) is 18.3. The van der Waals surface area contributed by atoms with Gasteiger partial charge < -0.3 is 34.4 Å². The molecule has 2 aliphatic carbocycles. The van der Waals surface area contributed by atoms with Crippen molar-refractivity contribution in [3.8, 4) is 11.3 Å². The number of aromatic nitrogens is 3. The van der Waals surface area contributed by atoms with Crippen LogP contribution < -0.4 is 20.4 Å². The maximum Gasteiger partial charge on any atom is 0.238 e. The first-order chi connectivity index (χ1) is 35.9. The third-order valence-corrected chi connectivity index (χ3v) is 18.6. The number of benzene rings is 2. The topological polar surface area (TPSA) is 160 Å². The summed E-state index contributed by atoms with van der Waals surface area (Å²) in [5, 5.41) is 6.17. The number of carbonyl (C=O) groups excluding carboxylic acids is 5. The van der Waals surface area contributed by atoms with Crippen molar-refractivity contribution in [2.24, 2.45) is 5.92 Å². The highest BCUT2D eigenvalue weighted by Gasteiger charge is 2.56. The van der Waals surface area contributed by atoms with Gasteiger partial charge in [-0.25, -0.2) is 9.97 Å². The van der Waals surface area contributed by atoms with Crippen molar-refractivity contribution < 1.29 is 24.0 Å². The van der Waals surface area contributed by atoms with Crippen LogP contribution in [0.15, 0.2) is 54.9 Å². The third-order valence-electron chi connectivity index (χ3n) is 18.6. The molecule has 0 radical (unpaired) electrons. The number of nitrogens with one attached hydrogen (secondary N) is 2. The van der Waals surface area contributed by atoms with Crippen LogP contribution in [0.3, 0.4) is 0 Å². The van der Waals surface area contributed by atoms with Crippen LogP contribution in [-0.4, -0.2) is 154 Å². The van der Waals surface area contributed by atoms with E-state index >= 15 is 4.79 Å². The van der Waals surface area contributed by atoms with E-state index in [9.17, 15) is 19.2 Å². The number of pyridine rings is 1. The Morgan fingerprint density at radius 2 is 1.55 bits per heavy atom. The van der Waals surface area contributed by atoms with Crippen molar-refractivity contribution in [2.75, 3.05) is 81.1 Å². The number of hydrogen-bond donors (Lipinski definition) is 2. The van der Waals surface area contributed by atoms with Gasteiger partial charge in [0.15, 0.2) is 5.82 Å². The first kappa shape index (κ1) is 49.0. The molecule has 16 nitrogen and oxygen atoms in total. The van der Waals surface area contributed by atoms with E-state index in [2.05, 4.69) is 85.0 Å². The second-order valence-corrected chi connectivity index (χ2v) is 23.4. The predicted octanol–water partition coefficient (Wildman–Crippen LogP) is 6.84. The van der Waals surface area contributed by atoms with Crippen LogP contribution in [0.1, 0.15) is 133 Å². The number of rotatable bonds is 12. The fraction of sp³-hybridized carbons (Fsp3) is 0.603. The lowest BCUT2D eigenvalue weighted by Gasteiger charge is -2.48. The summed E-state index contributed by atoms with van der Waals surface area (Å²) in [5.41, 5.74) is 7.39. The summed E-state index contributed by atoms with van der Waals surface area (Å²) in [5.74, 6) is 0.702. The molecule has 392 valence electrons. The van der Waals surface area contributed by atoms with Gasteiger partial charge in [-0.05, 0) is 146 Å². The lowest BCUT2D eigenvalue weighted by molar-refractivity contribution is -0.139. The molecule has 8 heterocycles. The summed E-state index contributed by atoms with van der Waals surface area (Å²) in [6.45, 7) is 11.2. The van der Waals surface area contributed by atoms with Crippen LogP contribution >= 0.6 is 0 Å². The minimum atomic E-state index is -0.622. The number of imidazole rings is 1. The molecule has 1 spiro atoms. The molecule has 12 rings (SSSR count). The molecule has 2 aromatic carbocycles. The number of piperidine rings is 5. The van der Waals surface area contributed by atoms with Crippen LogP contribution in [-0.2, 0) is 29.4 Å². The van der Waals surface area contributed by atoms with Crippen LogP contribution in [0.4, 0.5) is 17.2 Å². The number of imide groups is 1. The van der Waals surface area contributed by atoms with Gasteiger partial charge in [-0.15, -0.1) is 0 Å². The maximum absolute atomic E-state index is 15.2. The highest BCUT2D eigenvalue weighted by molar-refractivity contribution is 6.09. The SMILES string of the molecule is CC(C)n1cnc2cc(-c3ccc4c(c3)N([C@H]3C[C@@H](N5CCCCC5)C3)C(=O)C43CCN(CC(=O)N(C)C4CCN(C(=O)C5CCN(c6ccc(C7CCC(=O)NC7=O)cc6)CC5)CC4)CC3)nc(NC3CC3)c21. The summed E-state index contributed by atoms with van der Waals surface area (Å²) >= 11 is 0. The Labute approximate surface area is 435 Å². The van der Waals surface area contributed by atoms with Gasteiger partial charge in [-0.3, -0.25) is 34.2 Å². The Morgan fingerprint density at radius 3 is 2.24 bits per heavy atom. The van der Waals surface area contributed by atoms with Crippen LogP contribution in [0.5, 0.6) is 0 Å². The molecule has 1 atom stereocenters. The second kappa shape index (κ2) is 20.0. The van der Waals surface area contributed by atoms with Gasteiger partial charge in [0.1, 0.15) is 5.52 Å². The van der Waals surface area contributed by atoms with E-state index in [4.69, 9.17) is 9.97 Å². The van der Waals surface area contributed by atoms with Gasteiger partial charge in [-0.2, -0.15) is 0 Å². The summed E-state index contributed by atoms with van der Waals surface area (Å²) in [6.07, 6.45) is 15.4. The fourth-order valence-corrected chi connectivity index (χ4v) is 13.7. The Morgan fingerprint density at radius 1 is 0.824 bits per heavy atom. The Balaban J connectivity index is 0.668. The summed E-state index contributed by atoms with van der Waals surface area (Å²) in [7, 11) is 1.93. The third kappa shape index (κ3) is 9.25. The van der Waals surface area contributed by atoms with Gasteiger partial charge in [0, 0.05) is 106 Å². The van der Waals surface area contributed by atoms with Gasteiger partial charge in [-0.1, -0.05) is 30.7 Å². The highest BCUT2D eigenvalue weighted by Crippen LogP contribution is 2.52. The molecule has 1 unspecified atom stereocenters. The molecule has 6 aliphatic heterocycles. The van der Waals surface area contributed by atoms with Crippen molar-refractivity contribution >= 4 is 57.8 Å². The molecule has 5 amide bonds. The number of fused-ring (bicyclic) bond motifs is 3. The largest absolute Gasteiger partial charge is 0.371 e. The molecular weight excluding hydrogens is 931 g/mol. The number of nitrogens with zero attached hydrogens (tertiary/aromatic N) is 9. The average molecular weight is 1010 g/mol. The van der Waals surface area contributed by atoms with Crippen LogP contribution in [0, 0.1) is 5.92 Å². The molecule has 5 saturated heterocycles. The maximum atomic E-state index is 15.2. The lowest BCUT2D eigenvalue weighted by atomic mass is 9.73. The van der Waals surface area contributed by atoms with Crippen molar-refractivity contribution in [3.63, 3.8) is 0 Å². The van der Waals surface area contributed by atoms with E-state index in [0.29, 0.717) is 70.5 Å². The van der Waals surface area contributed by atoms with Crippen molar-refractivity contribution in [1.82, 2.24) is 39.5 Å². The summed E-state index contributed by atoms with van der Waals surface area (Å²) in [4.78, 5) is 90.6. The minimum Gasteiger partial charge on any atom is -0.371 e. The van der Waals surface area contributed by atoms with E-state index in [0.717, 1.165) is 128 Å². The van der Waals surface area contributed by atoms with Crippen LogP contribution in [0.25, 0.3) is 22.3 Å². The Bertz CT molecular complexity index is 2790. The van der Waals surface area contributed by atoms with Gasteiger partial charge in [0.05, 0.1) is 35.4 Å². The smallest absolute Gasteiger partial charge is 0.238 e. The van der Waals surface area contributed by atoms with E-state index in [1.807, 2.05) is 35.3 Å². The van der Waals surface area contributed by atoms with E-state index < -0.39 is 5.41 Å². The molecule has 4 aromatic rings. The molecule has 2 aromatic heterocycles. The zero-order valence-electron chi connectivity index (χ0n) is 43.8. The first-order valence-electron chi connectivity index (χ1n) is 28.2. The average Bonchev–Trinajstić information content (AvgIpc) is 4.10. The van der Waals surface area contributed by atoms with Crippen molar-refractivity contribution in [3.05, 3.63) is 66.0 Å². The monoisotopic (exact) mass is 1010 g/mol. The lowest BCUT2D eigenvalue weighted by Crippen LogP contribution is -2.58. The fourth-order valence-electron chi connectivity index (χ4n) is 13.7. The molecule has 2 saturated carbocycles. The molecule has 2 N–H and O–H groups in total.